The minimum Gasteiger partial charge on any atom is -0.461 e. The minimum atomic E-state index is -0.962. The van der Waals surface area contributed by atoms with Crippen LogP contribution in [0.1, 0.15) is 37.2 Å². The Hall–Kier alpha value is -1.62. The maximum atomic E-state index is 11.7. The summed E-state index contributed by atoms with van der Waals surface area (Å²) in [4.78, 5) is 25.0. The summed E-state index contributed by atoms with van der Waals surface area (Å²) >= 11 is 0. The van der Waals surface area contributed by atoms with Crippen LogP contribution in [0.5, 0.6) is 0 Å². The zero-order valence-electron chi connectivity index (χ0n) is 10.8. The number of nitrogens with zero attached hydrogens (tertiary/aromatic N) is 1. The number of ketones is 1. The Balaban J connectivity index is 2.44. The number of Topliss-reactive ketones (excluding diaryl/α,β-unsaturated/α-hetero) is 1. The van der Waals surface area contributed by atoms with E-state index in [1.54, 1.807) is 17.0 Å². The summed E-state index contributed by atoms with van der Waals surface area (Å²) < 4.78 is 4.93. The summed E-state index contributed by atoms with van der Waals surface area (Å²) in [6.07, 6.45) is 0.311. The second kappa shape index (κ2) is 6.96. The molecule has 1 amide bonds. The van der Waals surface area contributed by atoms with Crippen molar-refractivity contribution in [1.82, 2.24) is 4.90 Å². The molecular formula is C13H19NO4. The van der Waals surface area contributed by atoms with E-state index in [0.717, 1.165) is 0 Å². The SMILES string of the molecule is CCN(CC)C(=O)C[C@@H](O)CC(=O)c1ccco1. The third kappa shape index (κ3) is 4.00. The van der Waals surface area contributed by atoms with E-state index in [2.05, 4.69) is 0 Å². The normalized spacial score (nSPS) is 12.2. The number of aliphatic hydroxyl groups is 1. The Morgan fingerprint density at radius 3 is 2.50 bits per heavy atom. The molecule has 1 N–H and O–H groups in total. The van der Waals surface area contributed by atoms with Gasteiger partial charge in [-0.2, -0.15) is 0 Å². The molecule has 100 valence electrons. The van der Waals surface area contributed by atoms with Crippen LogP contribution in [0.25, 0.3) is 0 Å². The highest BCUT2D eigenvalue weighted by Crippen LogP contribution is 2.09. The molecule has 0 aliphatic rings. The zero-order valence-corrected chi connectivity index (χ0v) is 10.8. The van der Waals surface area contributed by atoms with Crippen LogP contribution in [-0.2, 0) is 4.79 Å². The predicted octanol–water partition coefficient (Wildman–Crippen LogP) is 1.47. The molecule has 1 aromatic rings. The number of aliphatic hydroxyl groups excluding tert-OH is 1. The van der Waals surface area contributed by atoms with Gasteiger partial charge in [0.1, 0.15) is 0 Å². The molecule has 0 fully saturated rings. The molecule has 5 nitrogen and oxygen atoms in total. The molecule has 0 aliphatic carbocycles. The first-order chi connectivity index (χ1) is 8.58. The average molecular weight is 253 g/mol. The Morgan fingerprint density at radius 1 is 1.33 bits per heavy atom. The summed E-state index contributed by atoms with van der Waals surface area (Å²) in [5.41, 5.74) is 0. The van der Waals surface area contributed by atoms with Gasteiger partial charge in [0.2, 0.25) is 11.7 Å². The molecule has 18 heavy (non-hydrogen) atoms. The van der Waals surface area contributed by atoms with Crippen molar-refractivity contribution in [3.05, 3.63) is 24.2 Å². The van der Waals surface area contributed by atoms with Gasteiger partial charge >= 0.3 is 0 Å². The molecule has 0 aliphatic heterocycles. The molecule has 0 spiro atoms. The highest BCUT2D eigenvalue weighted by Gasteiger charge is 2.19. The molecule has 0 radical (unpaired) electrons. The van der Waals surface area contributed by atoms with Gasteiger partial charge in [0.05, 0.1) is 18.8 Å². The van der Waals surface area contributed by atoms with Crippen molar-refractivity contribution in [2.45, 2.75) is 32.8 Å². The third-order valence-electron chi connectivity index (χ3n) is 2.74. The van der Waals surface area contributed by atoms with E-state index < -0.39 is 6.10 Å². The van der Waals surface area contributed by atoms with Gasteiger partial charge in [0.25, 0.3) is 0 Å². The first kappa shape index (κ1) is 14.4. The van der Waals surface area contributed by atoms with Crippen molar-refractivity contribution in [2.75, 3.05) is 13.1 Å². The van der Waals surface area contributed by atoms with Gasteiger partial charge in [-0.3, -0.25) is 9.59 Å². The van der Waals surface area contributed by atoms with E-state index in [-0.39, 0.29) is 30.3 Å². The maximum Gasteiger partial charge on any atom is 0.225 e. The average Bonchev–Trinajstić information content (AvgIpc) is 2.83. The zero-order chi connectivity index (χ0) is 13.5. The Labute approximate surface area is 106 Å². The van der Waals surface area contributed by atoms with E-state index >= 15 is 0 Å². The van der Waals surface area contributed by atoms with Crippen LogP contribution in [-0.4, -0.2) is 40.9 Å². The summed E-state index contributed by atoms with van der Waals surface area (Å²) in [6, 6.07) is 3.15. The fourth-order valence-corrected chi connectivity index (χ4v) is 1.73. The highest BCUT2D eigenvalue weighted by molar-refractivity contribution is 5.94. The van der Waals surface area contributed by atoms with Gasteiger partial charge in [-0.25, -0.2) is 0 Å². The van der Waals surface area contributed by atoms with Crippen molar-refractivity contribution >= 4 is 11.7 Å². The van der Waals surface area contributed by atoms with Crippen LogP contribution in [0, 0.1) is 0 Å². The largest absolute Gasteiger partial charge is 0.461 e. The van der Waals surface area contributed by atoms with Gasteiger partial charge < -0.3 is 14.4 Å². The molecule has 5 heteroatoms. The lowest BCUT2D eigenvalue weighted by atomic mass is 10.1. The highest BCUT2D eigenvalue weighted by atomic mass is 16.3. The Morgan fingerprint density at radius 2 is 2.00 bits per heavy atom. The lowest BCUT2D eigenvalue weighted by Gasteiger charge is -2.20. The van der Waals surface area contributed by atoms with Gasteiger partial charge in [-0.15, -0.1) is 0 Å². The second-order valence-electron chi connectivity index (χ2n) is 4.03. The molecule has 1 aromatic heterocycles. The number of rotatable bonds is 7. The van der Waals surface area contributed by atoms with Crippen LogP contribution in [0.3, 0.4) is 0 Å². The van der Waals surface area contributed by atoms with E-state index in [1.807, 2.05) is 13.8 Å². The molecule has 0 saturated carbocycles. The number of furan rings is 1. The summed E-state index contributed by atoms with van der Waals surface area (Å²) in [7, 11) is 0. The fraction of sp³-hybridized carbons (Fsp3) is 0.538. The maximum absolute atomic E-state index is 11.7. The summed E-state index contributed by atoms with van der Waals surface area (Å²) in [6.45, 7) is 4.96. The van der Waals surface area contributed by atoms with Gasteiger partial charge in [0.15, 0.2) is 5.76 Å². The van der Waals surface area contributed by atoms with Crippen molar-refractivity contribution in [2.24, 2.45) is 0 Å². The first-order valence-corrected chi connectivity index (χ1v) is 6.11. The smallest absolute Gasteiger partial charge is 0.225 e. The molecule has 1 rings (SSSR count). The van der Waals surface area contributed by atoms with E-state index in [4.69, 9.17) is 4.42 Å². The van der Waals surface area contributed by atoms with Crippen LogP contribution in [0.4, 0.5) is 0 Å². The van der Waals surface area contributed by atoms with Gasteiger partial charge in [0, 0.05) is 19.5 Å². The number of amides is 1. The van der Waals surface area contributed by atoms with Crippen molar-refractivity contribution in [3.63, 3.8) is 0 Å². The van der Waals surface area contributed by atoms with Gasteiger partial charge in [-0.1, -0.05) is 0 Å². The van der Waals surface area contributed by atoms with Crippen LogP contribution in [0.15, 0.2) is 22.8 Å². The minimum absolute atomic E-state index is 0.0336. The molecule has 1 heterocycles. The molecule has 0 unspecified atom stereocenters. The van der Waals surface area contributed by atoms with Crippen molar-refractivity contribution < 1.29 is 19.1 Å². The molecule has 0 saturated heterocycles. The predicted molar refractivity (Wildman–Crippen MR) is 66.2 cm³/mol. The fourth-order valence-electron chi connectivity index (χ4n) is 1.73. The van der Waals surface area contributed by atoms with E-state index in [0.29, 0.717) is 13.1 Å². The monoisotopic (exact) mass is 253 g/mol. The Kier molecular flexibility index (Phi) is 5.58. The molecular weight excluding hydrogens is 234 g/mol. The van der Waals surface area contributed by atoms with Crippen LogP contribution >= 0.6 is 0 Å². The third-order valence-corrected chi connectivity index (χ3v) is 2.74. The lowest BCUT2D eigenvalue weighted by molar-refractivity contribution is -0.132. The number of carbonyl (C=O) groups excluding carboxylic acids is 2. The molecule has 1 atom stereocenters. The van der Waals surface area contributed by atoms with Crippen molar-refractivity contribution in [3.8, 4) is 0 Å². The van der Waals surface area contributed by atoms with E-state index in [9.17, 15) is 14.7 Å². The van der Waals surface area contributed by atoms with E-state index in [1.165, 1.54) is 6.26 Å². The summed E-state index contributed by atoms with van der Waals surface area (Å²) in [5, 5.41) is 9.72. The quantitative estimate of drug-likeness (QED) is 0.747. The topological polar surface area (TPSA) is 70.8 Å². The summed E-state index contributed by atoms with van der Waals surface area (Å²) in [5.74, 6) is -0.219. The van der Waals surface area contributed by atoms with Crippen LogP contribution in [0.2, 0.25) is 0 Å². The standard InChI is InChI=1S/C13H19NO4/c1-3-14(4-2)13(17)9-10(15)8-11(16)12-6-5-7-18-12/h5-7,10,15H,3-4,8-9H2,1-2H3/t10-/m0/s1. The number of carbonyl (C=O) groups is 2. The molecule has 0 bridgehead atoms. The van der Waals surface area contributed by atoms with Crippen LogP contribution < -0.4 is 0 Å². The number of hydrogen-bond acceptors (Lipinski definition) is 4. The lowest BCUT2D eigenvalue weighted by Crippen LogP contribution is -2.33. The molecule has 0 aromatic carbocycles. The Bertz CT molecular complexity index is 382. The number of hydrogen-bond donors (Lipinski definition) is 1. The van der Waals surface area contributed by atoms with Gasteiger partial charge in [-0.05, 0) is 26.0 Å². The first-order valence-electron chi connectivity index (χ1n) is 6.11. The van der Waals surface area contributed by atoms with Crippen molar-refractivity contribution in [1.29, 1.82) is 0 Å². The second-order valence-corrected chi connectivity index (χ2v) is 4.03.